The molecule has 0 saturated heterocycles. The molecule has 0 aliphatic carbocycles. The zero-order valence-electron chi connectivity index (χ0n) is 34.6. The van der Waals surface area contributed by atoms with Crippen molar-refractivity contribution in [2.24, 2.45) is 0 Å². The number of unbranched alkanes of at least 4 members (excludes halogenated alkanes) is 6. The Labute approximate surface area is 335 Å². The van der Waals surface area contributed by atoms with Crippen molar-refractivity contribution in [3.05, 3.63) is 122 Å². The molecule has 6 heteroatoms. The molecule has 55 heavy (non-hydrogen) atoms. The fourth-order valence-corrected chi connectivity index (χ4v) is 4.86. The van der Waals surface area contributed by atoms with Gasteiger partial charge in [-0.2, -0.15) is 0 Å². The maximum atomic E-state index is 12.6. The number of rotatable bonds is 35. The van der Waals surface area contributed by atoms with Crippen molar-refractivity contribution < 1.29 is 28.6 Å². The largest absolute Gasteiger partial charge is 0.462 e. The topological polar surface area (TPSA) is 78.9 Å². The zero-order valence-corrected chi connectivity index (χ0v) is 34.6. The molecule has 0 rings (SSSR count). The highest BCUT2D eigenvalue weighted by Crippen LogP contribution is 2.09. The van der Waals surface area contributed by atoms with Gasteiger partial charge in [-0.05, 0) is 89.9 Å². The summed E-state index contributed by atoms with van der Waals surface area (Å²) < 4.78 is 16.4. The van der Waals surface area contributed by atoms with Crippen LogP contribution in [-0.4, -0.2) is 37.2 Å². The Hall–Kier alpha value is -4.19. The number of allylic oxidation sites excluding steroid dienone is 19. The van der Waals surface area contributed by atoms with Crippen molar-refractivity contribution in [3.8, 4) is 0 Å². The summed E-state index contributed by atoms with van der Waals surface area (Å²) in [5, 5.41) is 0. The van der Waals surface area contributed by atoms with Gasteiger partial charge in [0.15, 0.2) is 6.10 Å². The summed E-state index contributed by atoms with van der Waals surface area (Å²) in [6.45, 7) is 6.13. The summed E-state index contributed by atoms with van der Waals surface area (Å²) in [4.78, 5) is 37.5. The molecule has 0 fully saturated rings. The highest BCUT2D eigenvalue weighted by atomic mass is 16.6. The molecule has 0 aromatic rings. The van der Waals surface area contributed by atoms with Gasteiger partial charge in [0.05, 0.1) is 6.42 Å². The lowest BCUT2D eigenvalue weighted by Crippen LogP contribution is -2.30. The normalized spacial score (nSPS) is 13.3. The van der Waals surface area contributed by atoms with Crippen molar-refractivity contribution in [3.63, 3.8) is 0 Å². The summed E-state index contributed by atoms with van der Waals surface area (Å²) in [6, 6.07) is 0. The van der Waals surface area contributed by atoms with Crippen LogP contribution in [0, 0.1) is 0 Å². The summed E-state index contributed by atoms with van der Waals surface area (Å²) in [6.07, 6.45) is 58.0. The monoisotopic (exact) mass is 759 g/mol. The predicted molar refractivity (Wildman–Crippen MR) is 233 cm³/mol. The average Bonchev–Trinajstić information content (AvgIpc) is 3.18. The Kier molecular flexibility index (Phi) is 39.3. The van der Waals surface area contributed by atoms with Crippen molar-refractivity contribution in [1.82, 2.24) is 0 Å². The molecular formula is C49H74O6. The second kappa shape index (κ2) is 42.6. The first-order valence-corrected chi connectivity index (χ1v) is 21.1. The molecule has 0 aromatic heterocycles. The number of carbonyl (C=O) groups is 3. The minimum Gasteiger partial charge on any atom is -0.462 e. The molecular weight excluding hydrogens is 685 g/mol. The number of ether oxygens (including phenoxy) is 3. The van der Waals surface area contributed by atoms with E-state index in [-0.39, 0.29) is 44.4 Å². The first-order valence-electron chi connectivity index (χ1n) is 21.1. The Morgan fingerprint density at radius 2 is 0.855 bits per heavy atom. The zero-order chi connectivity index (χ0) is 40.1. The second-order valence-corrected chi connectivity index (χ2v) is 13.2. The van der Waals surface area contributed by atoms with E-state index in [0.29, 0.717) is 12.8 Å². The molecule has 0 N–H and O–H groups in total. The van der Waals surface area contributed by atoms with E-state index in [4.69, 9.17) is 14.2 Å². The molecule has 0 heterocycles. The van der Waals surface area contributed by atoms with Gasteiger partial charge in [-0.25, -0.2) is 0 Å². The van der Waals surface area contributed by atoms with Crippen LogP contribution < -0.4 is 0 Å². The van der Waals surface area contributed by atoms with Crippen LogP contribution in [0.4, 0.5) is 0 Å². The minimum atomic E-state index is -0.850. The van der Waals surface area contributed by atoms with E-state index in [1.165, 1.54) is 12.8 Å². The Balaban J connectivity index is 4.59. The van der Waals surface area contributed by atoms with Gasteiger partial charge in [0, 0.05) is 12.8 Å². The maximum absolute atomic E-state index is 12.6. The van der Waals surface area contributed by atoms with Gasteiger partial charge in [0.25, 0.3) is 0 Å². The molecule has 306 valence electrons. The van der Waals surface area contributed by atoms with Gasteiger partial charge in [-0.15, -0.1) is 0 Å². The van der Waals surface area contributed by atoms with Crippen LogP contribution in [0.25, 0.3) is 0 Å². The lowest BCUT2D eigenvalue weighted by Gasteiger charge is -2.18. The van der Waals surface area contributed by atoms with Crippen LogP contribution in [0.5, 0.6) is 0 Å². The Morgan fingerprint density at radius 1 is 0.418 bits per heavy atom. The first-order chi connectivity index (χ1) is 27.0. The van der Waals surface area contributed by atoms with Crippen LogP contribution in [-0.2, 0) is 28.6 Å². The van der Waals surface area contributed by atoms with Crippen LogP contribution in [0.2, 0.25) is 0 Å². The highest BCUT2D eigenvalue weighted by Gasteiger charge is 2.19. The molecule has 0 aliphatic rings. The molecule has 0 spiro atoms. The summed E-state index contributed by atoms with van der Waals surface area (Å²) in [5.41, 5.74) is 0. The van der Waals surface area contributed by atoms with Crippen LogP contribution in [0.1, 0.15) is 149 Å². The molecule has 0 saturated carbocycles. The summed E-state index contributed by atoms with van der Waals surface area (Å²) in [5.74, 6) is -1.18. The van der Waals surface area contributed by atoms with E-state index in [1.807, 2.05) is 6.08 Å². The molecule has 1 atom stereocenters. The number of hydrogen-bond acceptors (Lipinski definition) is 6. The highest BCUT2D eigenvalue weighted by molar-refractivity contribution is 5.72. The Morgan fingerprint density at radius 3 is 1.38 bits per heavy atom. The number of esters is 3. The smallest absolute Gasteiger partial charge is 0.309 e. The van der Waals surface area contributed by atoms with Crippen molar-refractivity contribution in [2.45, 2.75) is 155 Å². The van der Waals surface area contributed by atoms with Crippen molar-refractivity contribution in [1.29, 1.82) is 0 Å². The van der Waals surface area contributed by atoms with E-state index in [2.05, 4.69) is 130 Å². The molecule has 0 amide bonds. The van der Waals surface area contributed by atoms with Crippen LogP contribution in [0.3, 0.4) is 0 Å². The van der Waals surface area contributed by atoms with Gasteiger partial charge < -0.3 is 14.2 Å². The summed E-state index contributed by atoms with van der Waals surface area (Å²) >= 11 is 0. The second-order valence-electron chi connectivity index (χ2n) is 13.2. The predicted octanol–water partition coefficient (Wildman–Crippen LogP) is 13.4. The fraction of sp³-hybridized carbons (Fsp3) is 0.531. The number of hydrogen-bond donors (Lipinski definition) is 0. The van der Waals surface area contributed by atoms with Gasteiger partial charge >= 0.3 is 17.9 Å². The SMILES string of the molecule is CC/C=C\C/C=C\C/C=C\C/C=C\C/C=C\CCCC(=O)OCC(COC(=O)C/C=C\C/C=C\C/C=C\CC)OC(=O)CCCCC/C=C\C=C/CCCC. The van der Waals surface area contributed by atoms with Gasteiger partial charge in [0.2, 0.25) is 0 Å². The van der Waals surface area contributed by atoms with Gasteiger partial charge in [-0.1, -0.05) is 162 Å². The molecule has 0 radical (unpaired) electrons. The van der Waals surface area contributed by atoms with E-state index >= 15 is 0 Å². The summed E-state index contributed by atoms with van der Waals surface area (Å²) in [7, 11) is 0. The van der Waals surface area contributed by atoms with Crippen molar-refractivity contribution in [2.75, 3.05) is 13.2 Å². The molecule has 0 bridgehead atoms. The lowest BCUT2D eigenvalue weighted by atomic mass is 10.1. The van der Waals surface area contributed by atoms with Gasteiger partial charge in [-0.3, -0.25) is 14.4 Å². The molecule has 0 aliphatic heterocycles. The van der Waals surface area contributed by atoms with E-state index in [9.17, 15) is 14.4 Å². The van der Waals surface area contributed by atoms with Gasteiger partial charge in [0.1, 0.15) is 13.2 Å². The third-order valence-corrected chi connectivity index (χ3v) is 7.99. The molecule has 1 unspecified atom stereocenters. The standard InChI is InChI=1S/C49H74O6/c1-4-7-10-13-16-19-21-22-23-24-25-26-28-30-33-36-39-42-48(51)54-45-46(44-53-47(50)41-38-35-32-29-18-15-12-9-6-3)55-49(52)43-40-37-34-31-27-20-17-14-11-8-5-2/h7,9-10,12,14,16-20,22-23,25-27,29-30,33,35,38,46H,4-6,8,11,13,15,21,24,28,31-32,34,36-37,39-45H2,1-3H3/b10-7-,12-9-,17-14-,19-16-,23-22-,26-25-,27-20-,29-18-,33-30-,38-35-. The lowest BCUT2D eigenvalue weighted by molar-refractivity contribution is -0.166. The fourth-order valence-electron chi connectivity index (χ4n) is 4.86. The third kappa shape index (κ3) is 40.8. The van der Waals surface area contributed by atoms with E-state index in [0.717, 1.165) is 83.5 Å². The average molecular weight is 759 g/mol. The third-order valence-electron chi connectivity index (χ3n) is 7.99. The van der Waals surface area contributed by atoms with E-state index < -0.39 is 12.1 Å². The Bertz CT molecular complexity index is 1240. The quantitative estimate of drug-likeness (QED) is 0.0210. The van der Waals surface area contributed by atoms with E-state index in [1.54, 1.807) is 6.08 Å². The van der Waals surface area contributed by atoms with Crippen LogP contribution in [0.15, 0.2) is 122 Å². The number of carbonyl (C=O) groups excluding carboxylic acids is 3. The molecule has 6 nitrogen and oxygen atoms in total. The molecule has 0 aromatic carbocycles. The van der Waals surface area contributed by atoms with Crippen LogP contribution >= 0.6 is 0 Å². The van der Waals surface area contributed by atoms with Crippen molar-refractivity contribution >= 4 is 17.9 Å². The maximum Gasteiger partial charge on any atom is 0.309 e. The first kappa shape index (κ1) is 50.8. The minimum absolute atomic E-state index is 0.114.